The van der Waals surface area contributed by atoms with Crippen molar-refractivity contribution in [2.45, 2.75) is 65.5 Å². The minimum Gasteiger partial charge on any atom is -0.380 e. The molecule has 0 aromatic carbocycles. The number of hydrogen-bond donors (Lipinski definition) is 1. The lowest BCUT2D eigenvalue weighted by molar-refractivity contribution is 0.590. The summed E-state index contributed by atoms with van der Waals surface area (Å²) in [5.74, 6) is 0. The van der Waals surface area contributed by atoms with Crippen molar-refractivity contribution in [3.8, 4) is 0 Å². The van der Waals surface area contributed by atoms with Crippen molar-refractivity contribution in [2.24, 2.45) is 0 Å². The number of rotatable bonds is 8. The Morgan fingerprint density at radius 3 is 2.74 bits per heavy atom. The van der Waals surface area contributed by atoms with Gasteiger partial charge in [-0.2, -0.15) is 5.10 Å². The zero-order chi connectivity index (χ0) is 14.3. The van der Waals surface area contributed by atoms with Gasteiger partial charge in [-0.05, 0) is 20.3 Å². The molecule has 1 aromatic rings. The van der Waals surface area contributed by atoms with E-state index in [1.165, 1.54) is 30.4 Å². The van der Waals surface area contributed by atoms with Crippen molar-refractivity contribution in [1.82, 2.24) is 9.78 Å². The van der Waals surface area contributed by atoms with Gasteiger partial charge in [0.05, 0.1) is 11.9 Å². The molecule has 0 spiro atoms. The van der Waals surface area contributed by atoms with E-state index < -0.39 is 0 Å². The van der Waals surface area contributed by atoms with E-state index in [0.29, 0.717) is 18.3 Å². The van der Waals surface area contributed by atoms with Crippen molar-refractivity contribution < 1.29 is 0 Å². The Hall–Kier alpha value is -1.03. The Balaban J connectivity index is 2.57. The molecule has 0 saturated heterocycles. The van der Waals surface area contributed by atoms with Crippen LogP contribution in [0.4, 0.5) is 5.69 Å². The highest BCUT2D eigenvalue weighted by molar-refractivity contribution is 6.32. The largest absolute Gasteiger partial charge is 0.380 e. The Labute approximate surface area is 120 Å². The molecule has 1 atom stereocenters. The summed E-state index contributed by atoms with van der Waals surface area (Å²) in [5.41, 5.74) is 0.409. The number of hydrogen-bond acceptors (Lipinski definition) is 3. The van der Waals surface area contributed by atoms with E-state index in [9.17, 15) is 4.79 Å². The molecular weight excluding hydrogens is 262 g/mol. The van der Waals surface area contributed by atoms with Gasteiger partial charge in [-0.3, -0.25) is 4.79 Å². The molecule has 0 fully saturated rings. The summed E-state index contributed by atoms with van der Waals surface area (Å²) < 4.78 is 1.36. The van der Waals surface area contributed by atoms with Crippen LogP contribution < -0.4 is 10.9 Å². The van der Waals surface area contributed by atoms with Gasteiger partial charge in [-0.1, -0.05) is 44.2 Å². The third-order valence-electron chi connectivity index (χ3n) is 3.18. The van der Waals surface area contributed by atoms with Gasteiger partial charge in [0.2, 0.25) is 0 Å². The third-order valence-corrected chi connectivity index (χ3v) is 3.54. The van der Waals surface area contributed by atoms with E-state index in [1.54, 1.807) is 6.20 Å². The molecule has 0 aliphatic heterocycles. The van der Waals surface area contributed by atoms with Crippen LogP contribution in [0.3, 0.4) is 0 Å². The lowest BCUT2D eigenvalue weighted by atomic mass is 10.1. The number of aryl methyl sites for hydroxylation is 1. The summed E-state index contributed by atoms with van der Waals surface area (Å²) in [6, 6.07) is 0.299. The van der Waals surface area contributed by atoms with Crippen LogP contribution in [0, 0.1) is 0 Å². The molecule has 0 bridgehead atoms. The van der Waals surface area contributed by atoms with Gasteiger partial charge in [0.15, 0.2) is 0 Å². The summed E-state index contributed by atoms with van der Waals surface area (Å²) in [4.78, 5) is 11.8. The van der Waals surface area contributed by atoms with Crippen molar-refractivity contribution in [3.05, 3.63) is 21.6 Å². The second kappa shape index (κ2) is 8.20. The van der Waals surface area contributed by atoms with Crippen LogP contribution in [0.15, 0.2) is 11.0 Å². The van der Waals surface area contributed by atoms with Crippen LogP contribution in [-0.2, 0) is 6.54 Å². The monoisotopic (exact) mass is 285 g/mol. The molecule has 0 radical (unpaired) electrons. The minimum atomic E-state index is -0.229. The van der Waals surface area contributed by atoms with Crippen LogP contribution in [0.25, 0.3) is 0 Å². The summed E-state index contributed by atoms with van der Waals surface area (Å²) in [6.45, 7) is 6.71. The predicted molar refractivity (Wildman–Crippen MR) is 81.0 cm³/mol. The van der Waals surface area contributed by atoms with E-state index >= 15 is 0 Å². The predicted octanol–water partition coefficient (Wildman–Crippen LogP) is 3.69. The molecular formula is C14H24ClN3O. The smallest absolute Gasteiger partial charge is 0.287 e. The first-order valence-electron chi connectivity index (χ1n) is 7.12. The fourth-order valence-electron chi connectivity index (χ4n) is 2.01. The first kappa shape index (κ1) is 16.0. The van der Waals surface area contributed by atoms with Gasteiger partial charge >= 0.3 is 0 Å². The van der Waals surface area contributed by atoms with Gasteiger partial charge < -0.3 is 5.32 Å². The summed E-state index contributed by atoms with van der Waals surface area (Å²) in [5, 5.41) is 7.58. The Kier molecular flexibility index (Phi) is 6.92. The van der Waals surface area contributed by atoms with Crippen LogP contribution in [0.2, 0.25) is 5.02 Å². The lowest BCUT2D eigenvalue weighted by Crippen LogP contribution is -2.25. The first-order chi connectivity index (χ1) is 9.10. The van der Waals surface area contributed by atoms with Gasteiger partial charge in [-0.15, -0.1) is 0 Å². The van der Waals surface area contributed by atoms with Crippen molar-refractivity contribution in [1.29, 1.82) is 0 Å². The highest BCUT2D eigenvalue weighted by Gasteiger charge is 2.10. The highest BCUT2D eigenvalue weighted by atomic mass is 35.5. The molecule has 5 heteroatoms. The van der Waals surface area contributed by atoms with E-state index in [4.69, 9.17) is 11.6 Å². The fourth-order valence-corrected chi connectivity index (χ4v) is 2.21. The van der Waals surface area contributed by atoms with Crippen molar-refractivity contribution in [3.63, 3.8) is 0 Å². The summed E-state index contributed by atoms with van der Waals surface area (Å²) in [7, 11) is 0. The zero-order valence-corrected chi connectivity index (χ0v) is 12.8. The average Bonchev–Trinajstić information content (AvgIpc) is 2.40. The van der Waals surface area contributed by atoms with Crippen molar-refractivity contribution in [2.75, 3.05) is 5.32 Å². The Morgan fingerprint density at radius 1 is 1.37 bits per heavy atom. The first-order valence-corrected chi connectivity index (χ1v) is 7.50. The summed E-state index contributed by atoms with van der Waals surface area (Å²) >= 11 is 6.07. The number of halogens is 1. The number of unbranched alkanes of at least 4 members (excludes halogenated alkanes) is 3. The normalized spacial score (nSPS) is 12.4. The molecule has 0 aliphatic carbocycles. The quantitative estimate of drug-likeness (QED) is 0.741. The molecule has 0 aliphatic rings. The van der Waals surface area contributed by atoms with Crippen LogP contribution >= 0.6 is 11.6 Å². The summed E-state index contributed by atoms with van der Waals surface area (Å²) in [6.07, 6.45) is 7.68. The fraction of sp³-hybridized carbons (Fsp3) is 0.714. The molecule has 19 heavy (non-hydrogen) atoms. The molecule has 4 nitrogen and oxygen atoms in total. The van der Waals surface area contributed by atoms with E-state index in [-0.39, 0.29) is 10.6 Å². The van der Waals surface area contributed by atoms with E-state index in [0.717, 1.165) is 6.42 Å². The molecule has 108 valence electrons. The third kappa shape index (κ3) is 4.86. The average molecular weight is 286 g/mol. The number of anilines is 1. The minimum absolute atomic E-state index is 0.229. The van der Waals surface area contributed by atoms with E-state index in [1.807, 2.05) is 6.92 Å². The lowest BCUT2D eigenvalue weighted by Gasteiger charge is -2.16. The topological polar surface area (TPSA) is 46.9 Å². The molecule has 0 saturated carbocycles. The number of nitrogens with zero attached hydrogens (tertiary/aromatic N) is 2. The van der Waals surface area contributed by atoms with E-state index in [2.05, 4.69) is 24.3 Å². The van der Waals surface area contributed by atoms with Crippen LogP contribution in [0.5, 0.6) is 0 Å². The zero-order valence-electron chi connectivity index (χ0n) is 12.1. The van der Waals surface area contributed by atoms with Gasteiger partial charge in [0, 0.05) is 12.6 Å². The molecule has 1 heterocycles. The van der Waals surface area contributed by atoms with Crippen LogP contribution in [0.1, 0.15) is 52.9 Å². The van der Waals surface area contributed by atoms with Gasteiger partial charge in [0.25, 0.3) is 5.56 Å². The second-order valence-corrected chi connectivity index (χ2v) is 5.27. The van der Waals surface area contributed by atoms with Gasteiger partial charge in [0.1, 0.15) is 5.02 Å². The second-order valence-electron chi connectivity index (χ2n) is 4.89. The highest BCUT2D eigenvalue weighted by Crippen LogP contribution is 2.18. The SMILES string of the molecule is CCCCCCC(C)Nc1cnn(CC)c(=O)c1Cl. The van der Waals surface area contributed by atoms with Gasteiger partial charge in [-0.25, -0.2) is 4.68 Å². The molecule has 0 amide bonds. The number of aromatic nitrogens is 2. The molecule has 1 aromatic heterocycles. The maximum atomic E-state index is 11.8. The molecule has 1 N–H and O–H groups in total. The molecule has 1 unspecified atom stereocenters. The number of nitrogens with one attached hydrogen (secondary N) is 1. The van der Waals surface area contributed by atoms with Crippen molar-refractivity contribution >= 4 is 17.3 Å². The maximum absolute atomic E-state index is 11.8. The standard InChI is InChI=1S/C14H24ClN3O/c1-4-6-7-8-9-11(3)17-12-10-16-18(5-2)14(19)13(12)15/h10-11,17H,4-9H2,1-3H3. The Bertz CT molecular complexity index is 445. The van der Waals surface area contributed by atoms with Crippen LogP contribution in [-0.4, -0.2) is 15.8 Å². The Morgan fingerprint density at radius 2 is 2.11 bits per heavy atom. The maximum Gasteiger partial charge on any atom is 0.287 e. The molecule has 1 rings (SSSR count).